The summed E-state index contributed by atoms with van der Waals surface area (Å²) in [6.07, 6.45) is 1.48. The molecule has 0 amide bonds. The van der Waals surface area contributed by atoms with Gasteiger partial charge in [0.2, 0.25) is 0 Å². The molecule has 94 valence electrons. The lowest BCUT2D eigenvalue weighted by atomic mass is 10.00. The molecule has 0 aromatic heterocycles. The van der Waals surface area contributed by atoms with Gasteiger partial charge in [-0.15, -0.1) is 0 Å². The summed E-state index contributed by atoms with van der Waals surface area (Å²) >= 11 is 0. The van der Waals surface area contributed by atoms with Crippen LogP contribution in [0, 0.1) is 0 Å². The highest BCUT2D eigenvalue weighted by molar-refractivity contribution is 5.98. The predicted octanol–water partition coefficient (Wildman–Crippen LogP) is 1.64. The molecule has 0 aliphatic heterocycles. The van der Waals surface area contributed by atoms with Gasteiger partial charge in [-0.05, 0) is 23.8 Å². The van der Waals surface area contributed by atoms with Crippen molar-refractivity contribution in [2.24, 2.45) is 0 Å². The molecule has 0 atom stereocenters. The minimum Gasteiger partial charge on any atom is -0.497 e. The SMILES string of the molecule is CCC(=O)c1ccc(OC)cc1CC=O.CO. The van der Waals surface area contributed by atoms with Crippen molar-refractivity contribution in [3.63, 3.8) is 0 Å². The van der Waals surface area contributed by atoms with Gasteiger partial charge in [-0.25, -0.2) is 0 Å². The number of carbonyl (C=O) groups is 2. The Morgan fingerprint density at radius 3 is 2.53 bits per heavy atom. The first-order chi connectivity index (χ1) is 8.22. The van der Waals surface area contributed by atoms with E-state index in [-0.39, 0.29) is 12.2 Å². The van der Waals surface area contributed by atoms with E-state index in [1.807, 2.05) is 0 Å². The molecule has 4 heteroatoms. The van der Waals surface area contributed by atoms with E-state index in [4.69, 9.17) is 9.84 Å². The van der Waals surface area contributed by atoms with Crippen LogP contribution in [0.25, 0.3) is 0 Å². The highest BCUT2D eigenvalue weighted by Crippen LogP contribution is 2.19. The summed E-state index contributed by atoms with van der Waals surface area (Å²) < 4.78 is 5.04. The summed E-state index contributed by atoms with van der Waals surface area (Å²) in [6.45, 7) is 1.80. The second kappa shape index (κ2) is 8.47. The zero-order valence-electron chi connectivity index (χ0n) is 10.4. The van der Waals surface area contributed by atoms with E-state index in [9.17, 15) is 9.59 Å². The molecule has 0 heterocycles. The molecule has 0 spiro atoms. The number of rotatable bonds is 5. The van der Waals surface area contributed by atoms with Crippen LogP contribution in [-0.4, -0.2) is 31.4 Å². The number of Topliss-reactive ketones (excluding diaryl/α,β-unsaturated/α-hetero) is 1. The molecule has 1 aromatic rings. The zero-order valence-corrected chi connectivity index (χ0v) is 10.4. The van der Waals surface area contributed by atoms with Gasteiger partial charge in [-0.3, -0.25) is 4.79 Å². The highest BCUT2D eigenvalue weighted by Gasteiger charge is 2.10. The van der Waals surface area contributed by atoms with Crippen molar-refractivity contribution < 1.29 is 19.4 Å². The Hall–Kier alpha value is -1.68. The van der Waals surface area contributed by atoms with Gasteiger partial charge in [0, 0.05) is 25.5 Å². The molecule has 4 nitrogen and oxygen atoms in total. The Morgan fingerprint density at radius 1 is 1.41 bits per heavy atom. The van der Waals surface area contributed by atoms with Gasteiger partial charge >= 0.3 is 0 Å². The summed E-state index contributed by atoms with van der Waals surface area (Å²) in [5.41, 5.74) is 1.35. The molecule has 0 aliphatic rings. The minimum absolute atomic E-state index is 0.0505. The maximum atomic E-state index is 11.6. The van der Waals surface area contributed by atoms with Crippen LogP contribution in [0.4, 0.5) is 0 Å². The lowest BCUT2D eigenvalue weighted by Gasteiger charge is -2.07. The third kappa shape index (κ3) is 4.36. The van der Waals surface area contributed by atoms with Crippen molar-refractivity contribution in [1.82, 2.24) is 0 Å². The number of carbonyl (C=O) groups excluding carboxylic acids is 2. The number of aliphatic hydroxyl groups is 1. The van der Waals surface area contributed by atoms with Gasteiger partial charge in [0.1, 0.15) is 12.0 Å². The number of hydrogen-bond donors (Lipinski definition) is 1. The zero-order chi connectivity index (χ0) is 13.3. The summed E-state index contributed by atoms with van der Waals surface area (Å²) in [4.78, 5) is 22.0. The summed E-state index contributed by atoms with van der Waals surface area (Å²) in [5.74, 6) is 0.717. The van der Waals surface area contributed by atoms with Crippen LogP contribution in [0.5, 0.6) is 5.75 Å². The van der Waals surface area contributed by atoms with E-state index in [0.717, 1.165) is 19.0 Å². The second-order valence-electron chi connectivity index (χ2n) is 3.17. The Bertz CT molecular complexity index is 372. The van der Waals surface area contributed by atoms with Crippen molar-refractivity contribution in [2.75, 3.05) is 14.2 Å². The minimum atomic E-state index is 0.0505. The molecule has 0 saturated heterocycles. The van der Waals surface area contributed by atoms with Gasteiger partial charge in [-0.1, -0.05) is 6.92 Å². The van der Waals surface area contributed by atoms with E-state index >= 15 is 0 Å². The van der Waals surface area contributed by atoms with Crippen LogP contribution in [0.1, 0.15) is 29.3 Å². The van der Waals surface area contributed by atoms with E-state index < -0.39 is 0 Å². The average Bonchev–Trinajstić information content (AvgIpc) is 2.40. The van der Waals surface area contributed by atoms with Crippen LogP contribution >= 0.6 is 0 Å². The molecular formula is C13H18O4. The average molecular weight is 238 g/mol. The number of aliphatic hydroxyl groups excluding tert-OH is 1. The maximum absolute atomic E-state index is 11.6. The van der Waals surface area contributed by atoms with Crippen molar-refractivity contribution >= 4 is 12.1 Å². The standard InChI is InChI=1S/C12H14O3.CH4O/c1-3-12(14)11-5-4-10(15-2)8-9(11)6-7-13;1-2/h4-5,7-8H,3,6H2,1-2H3;2H,1H3. The van der Waals surface area contributed by atoms with Crippen molar-refractivity contribution in [1.29, 1.82) is 0 Å². The first kappa shape index (κ1) is 15.3. The Kier molecular flexibility index (Phi) is 7.63. The van der Waals surface area contributed by atoms with Gasteiger partial charge in [-0.2, -0.15) is 0 Å². The van der Waals surface area contributed by atoms with Crippen LogP contribution in [0.15, 0.2) is 18.2 Å². The van der Waals surface area contributed by atoms with Gasteiger partial charge < -0.3 is 14.6 Å². The topological polar surface area (TPSA) is 63.6 Å². The van der Waals surface area contributed by atoms with Crippen molar-refractivity contribution in [3.05, 3.63) is 29.3 Å². The summed E-state index contributed by atoms with van der Waals surface area (Å²) in [6, 6.07) is 5.18. The molecule has 1 N–H and O–H groups in total. The number of ketones is 1. The maximum Gasteiger partial charge on any atom is 0.162 e. The Labute approximate surface area is 101 Å². The normalized spacial score (nSPS) is 8.94. The molecule has 1 rings (SSSR count). The summed E-state index contributed by atoms with van der Waals surface area (Å²) in [5, 5.41) is 7.00. The van der Waals surface area contributed by atoms with E-state index in [1.54, 1.807) is 32.2 Å². The number of hydrogen-bond acceptors (Lipinski definition) is 4. The molecule has 0 fully saturated rings. The fourth-order valence-corrected chi connectivity index (χ4v) is 1.42. The molecule has 0 bridgehead atoms. The van der Waals surface area contributed by atoms with Gasteiger partial charge in [0.25, 0.3) is 0 Å². The quantitative estimate of drug-likeness (QED) is 0.625. The third-order valence-electron chi connectivity index (χ3n) is 2.24. The van der Waals surface area contributed by atoms with Crippen LogP contribution < -0.4 is 4.74 Å². The van der Waals surface area contributed by atoms with Crippen LogP contribution in [-0.2, 0) is 11.2 Å². The lowest BCUT2D eigenvalue weighted by molar-refractivity contribution is -0.107. The number of benzene rings is 1. The smallest absolute Gasteiger partial charge is 0.162 e. The molecule has 17 heavy (non-hydrogen) atoms. The fraction of sp³-hybridized carbons (Fsp3) is 0.385. The third-order valence-corrected chi connectivity index (χ3v) is 2.24. The lowest BCUT2D eigenvalue weighted by Crippen LogP contribution is -2.03. The van der Waals surface area contributed by atoms with Gasteiger partial charge in [0.15, 0.2) is 5.78 Å². The molecule has 0 saturated carbocycles. The molecule has 0 unspecified atom stereocenters. The van der Waals surface area contributed by atoms with E-state index in [1.165, 1.54) is 0 Å². The molecule has 0 radical (unpaired) electrons. The first-order valence-corrected chi connectivity index (χ1v) is 5.31. The Balaban J connectivity index is 0.00000121. The predicted molar refractivity (Wildman–Crippen MR) is 65.5 cm³/mol. The molecule has 1 aromatic carbocycles. The van der Waals surface area contributed by atoms with E-state index in [2.05, 4.69) is 0 Å². The highest BCUT2D eigenvalue weighted by atomic mass is 16.5. The van der Waals surface area contributed by atoms with Crippen LogP contribution in [0.2, 0.25) is 0 Å². The fourth-order valence-electron chi connectivity index (χ4n) is 1.42. The monoisotopic (exact) mass is 238 g/mol. The number of ether oxygens (including phenoxy) is 1. The molecular weight excluding hydrogens is 220 g/mol. The van der Waals surface area contributed by atoms with E-state index in [0.29, 0.717) is 17.7 Å². The summed E-state index contributed by atoms with van der Waals surface area (Å²) in [7, 11) is 2.56. The number of aldehydes is 1. The molecule has 0 aliphatic carbocycles. The Morgan fingerprint density at radius 2 is 2.06 bits per heavy atom. The van der Waals surface area contributed by atoms with Crippen molar-refractivity contribution in [3.8, 4) is 5.75 Å². The second-order valence-corrected chi connectivity index (χ2v) is 3.17. The van der Waals surface area contributed by atoms with Crippen LogP contribution in [0.3, 0.4) is 0 Å². The van der Waals surface area contributed by atoms with Crippen molar-refractivity contribution in [2.45, 2.75) is 19.8 Å². The largest absolute Gasteiger partial charge is 0.497 e. The van der Waals surface area contributed by atoms with Gasteiger partial charge in [0.05, 0.1) is 7.11 Å². The number of methoxy groups -OCH3 is 1. The first-order valence-electron chi connectivity index (χ1n) is 5.31.